The summed E-state index contributed by atoms with van der Waals surface area (Å²) in [6, 6.07) is 12.7. The number of piperidine rings is 1. The van der Waals surface area contributed by atoms with Crippen LogP contribution in [0.1, 0.15) is 33.6 Å². The molecule has 0 aliphatic carbocycles. The summed E-state index contributed by atoms with van der Waals surface area (Å²) in [6.07, 6.45) is 1.35. The largest absolute Gasteiger partial charge is 0.486 e. The van der Waals surface area contributed by atoms with Gasteiger partial charge in [-0.25, -0.2) is 0 Å². The van der Waals surface area contributed by atoms with Gasteiger partial charge < -0.3 is 14.4 Å². The molecule has 0 N–H and O–H groups in total. The summed E-state index contributed by atoms with van der Waals surface area (Å²) in [4.78, 5) is 27.3. The normalized spacial score (nSPS) is 16.9. The van der Waals surface area contributed by atoms with Crippen molar-refractivity contribution in [2.45, 2.75) is 12.8 Å². The molecule has 2 aliphatic rings. The summed E-state index contributed by atoms with van der Waals surface area (Å²) in [5.41, 5.74) is 1.33. The van der Waals surface area contributed by atoms with Gasteiger partial charge in [-0.15, -0.1) is 0 Å². The summed E-state index contributed by atoms with van der Waals surface area (Å²) >= 11 is 3.38. The Bertz CT molecular complexity index is 857. The minimum absolute atomic E-state index is 0.0210. The van der Waals surface area contributed by atoms with Crippen molar-refractivity contribution in [2.24, 2.45) is 5.92 Å². The Morgan fingerprint density at radius 2 is 1.52 bits per heavy atom. The fraction of sp³-hybridized carbons (Fsp3) is 0.333. The van der Waals surface area contributed by atoms with E-state index in [1.807, 2.05) is 29.2 Å². The third kappa shape index (κ3) is 3.86. The van der Waals surface area contributed by atoms with Gasteiger partial charge in [0.25, 0.3) is 5.91 Å². The first-order chi connectivity index (χ1) is 13.1. The van der Waals surface area contributed by atoms with Crippen LogP contribution in [0, 0.1) is 5.92 Å². The molecule has 140 valence electrons. The highest BCUT2D eigenvalue weighted by molar-refractivity contribution is 9.10. The van der Waals surface area contributed by atoms with Crippen LogP contribution >= 0.6 is 15.9 Å². The number of rotatable bonds is 3. The zero-order chi connectivity index (χ0) is 18.8. The molecule has 2 heterocycles. The Morgan fingerprint density at radius 3 is 2.22 bits per heavy atom. The molecule has 0 radical (unpaired) electrons. The number of ketones is 1. The smallest absolute Gasteiger partial charge is 0.253 e. The molecule has 0 spiro atoms. The molecule has 5 nitrogen and oxygen atoms in total. The molecule has 2 aliphatic heterocycles. The van der Waals surface area contributed by atoms with Gasteiger partial charge in [0.2, 0.25) is 0 Å². The van der Waals surface area contributed by atoms with Gasteiger partial charge in [0.1, 0.15) is 13.2 Å². The first-order valence-electron chi connectivity index (χ1n) is 9.10. The Hall–Kier alpha value is -2.34. The zero-order valence-corrected chi connectivity index (χ0v) is 16.4. The van der Waals surface area contributed by atoms with Crippen LogP contribution < -0.4 is 9.47 Å². The number of fused-ring (bicyclic) bond motifs is 1. The molecule has 2 aromatic rings. The molecular formula is C21H20BrNO4. The molecule has 0 aromatic heterocycles. The number of hydrogen-bond acceptors (Lipinski definition) is 4. The van der Waals surface area contributed by atoms with E-state index in [1.54, 1.807) is 18.2 Å². The average Bonchev–Trinajstić information content (AvgIpc) is 2.73. The lowest BCUT2D eigenvalue weighted by molar-refractivity contribution is 0.0650. The number of halogens is 1. The van der Waals surface area contributed by atoms with Crippen molar-refractivity contribution in [3.05, 3.63) is 58.1 Å². The number of amides is 1. The van der Waals surface area contributed by atoms with Crippen LogP contribution in [0.4, 0.5) is 0 Å². The van der Waals surface area contributed by atoms with Gasteiger partial charge >= 0.3 is 0 Å². The van der Waals surface area contributed by atoms with Crippen molar-refractivity contribution >= 4 is 27.6 Å². The SMILES string of the molecule is O=C(c1ccc2c(c1)OCCO2)C1CCN(C(=O)c2ccc(Br)cc2)CC1. The van der Waals surface area contributed by atoms with Crippen LogP contribution in [0.5, 0.6) is 11.5 Å². The van der Waals surface area contributed by atoms with Gasteiger partial charge in [-0.05, 0) is 55.3 Å². The van der Waals surface area contributed by atoms with Crippen LogP contribution in [0.15, 0.2) is 46.9 Å². The highest BCUT2D eigenvalue weighted by Crippen LogP contribution is 2.32. The monoisotopic (exact) mass is 429 g/mol. The van der Waals surface area contributed by atoms with Crippen molar-refractivity contribution in [1.82, 2.24) is 4.90 Å². The summed E-state index contributed by atoms with van der Waals surface area (Å²) in [7, 11) is 0. The molecule has 0 bridgehead atoms. The standard InChI is InChI=1S/C21H20BrNO4/c22-17-4-1-15(2-5-17)21(25)23-9-7-14(8-10-23)20(24)16-3-6-18-19(13-16)27-12-11-26-18/h1-6,13-14H,7-12H2. The number of carbonyl (C=O) groups excluding carboxylic acids is 2. The fourth-order valence-corrected chi connectivity index (χ4v) is 3.82. The summed E-state index contributed by atoms with van der Waals surface area (Å²) < 4.78 is 12.0. The second kappa shape index (κ2) is 7.72. The maximum absolute atomic E-state index is 12.9. The number of nitrogens with zero attached hydrogens (tertiary/aromatic N) is 1. The lowest BCUT2D eigenvalue weighted by Gasteiger charge is -2.31. The number of hydrogen-bond donors (Lipinski definition) is 0. The quantitative estimate of drug-likeness (QED) is 0.692. The molecule has 0 atom stereocenters. The summed E-state index contributed by atoms with van der Waals surface area (Å²) in [6.45, 7) is 2.22. The average molecular weight is 430 g/mol. The predicted molar refractivity (Wildman–Crippen MR) is 105 cm³/mol. The molecule has 4 rings (SSSR count). The maximum Gasteiger partial charge on any atom is 0.253 e. The molecule has 1 saturated heterocycles. The molecule has 0 unspecified atom stereocenters. The Labute approximate surface area is 166 Å². The van der Waals surface area contributed by atoms with Gasteiger partial charge in [0.05, 0.1) is 0 Å². The van der Waals surface area contributed by atoms with Crippen LogP contribution in [0.25, 0.3) is 0 Å². The van der Waals surface area contributed by atoms with E-state index in [1.165, 1.54) is 0 Å². The highest BCUT2D eigenvalue weighted by Gasteiger charge is 2.29. The Balaban J connectivity index is 1.39. The Morgan fingerprint density at radius 1 is 0.889 bits per heavy atom. The topological polar surface area (TPSA) is 55.8 Å². The summed E-state index contributed by atoms with van der Waals surface area (Å²) in [5, 5.41) is 0. The van der Waals surface area contributed by atoms with Crippen molar-refractivity contribution in [3.8, 4) is 11.5 Å². The molecule has 6 heteroatoms. The van der Waals surface area contributed by atoms with E-state index in [2.05, 4.69) is 15.9 Å². The van der Waals surface area contributed by atoms with Gasteiger partial charge in [-0.1, -0.05) is 15.9 Å². The predicted octanol–water partition coefficient (Wildman–Crippen LogP) is 3.96. The zero-order valence-electron chi connectivity index (χ0n) is 14.8. The number of ether oxygens (including phenoxy) is 2. The number of benzene rings is 2. The van der Waals surface area contributed by atoms with Gasteiger partial charge in [-0.2, -0.15) is 0 Å². The first-order valence-corrected chi connectivity index (χ1v) is 9.90. The molecule has 0 saturated carbocycles. The van der Waals surface area contributed by atoms with Crippen molar-refractivity contribution in [2.75, 3.05) is 26.3 Å². The van der Waals surface area contributed by atoms with Gasteiger partial charge in [0, 0.05) is 34.6 Å². The van der Waals surface area contributed by atoms with E-state index < -0.39 is 0 Å². The molecule has 2 aromatic carbocycles. The third-order valence-electron chi connectivity index (χ3n) is 5.07. The second-order valence-electron chi connectivity index (χ2n) is 6.80. The first kappa shape index (κ1) is 18.0. The number of carbonyl (C=O) groups is 2. The van der Waals surface area contributed by atoms with E-state index in [4.69, 9.17) is 9.47 Å². The van der Waals surface area contributed by atoms with E-state index in [-0.39, 0.29) is 17.6 Å². The van der Waals surface area contributed by atoms with Gasteiger partial charge in [-0.3, -0.25) is 9.59 Å². The lowest BCUT2D eigenvalue weighted by atomic mass is 9.88. The van der Waals surface area contributed by atoms with Gasteiger partial charge in [0.15, 0.2) is 17.3 Å². The van der Waals surface area contributed by atoms with Crippen LogP contribution in [0.3, 0.4) is 0 Å². The fourth-order valence-electron chi connectivity index (χ4n) is 3.55. The maximum atomic E-state index is 12.9. The van der Waals surface area contributed by atoms with E-state index in [0.717, 1.165) is 4.47 Å². The van der Waals surface area contributed by atoms with Crippen molar-refractivity contribution in [1.29, 1.82) is 0 Å². The summed E-state index contributed by atoms with van der Waals surface area (Å²) in [5.74, 6) is 1.39. The molecule has 1 fully saturated rings. The van der Waals surface area contributed by atoms with E-state index >= 15 is 0 Å². The van der Waals surface area contributed by atoms with Crippen LogP contribution in [-0.4, -0.2) is 42.9 Å². The van der Waals surface area contributed by atoms with Crippen LogP contribution in [0.2, 0.25) is 0 Å². The third-order valence-corrected chi connectivity index (χ3v) is 5.60. The lowest BCUT2D eigenvalue weighted by Crippen LogP contribution is -2.40. The van der Waals surface area contributed by atoms with Crippen molar-refractivity contribution < 1.29 is 19.1 Å². The van der Waals surface area contributed by atoms with E-state index in [0.29, 0.717) is 61.8 Å². The molecule has 1 amide bonds. The van der Waals surface area contributed by atoms with Crippen LogP contribution in [-0.2, 0) is 0 Å². The minimum atomic E-state index is -0.0680. The second-order valence-corrected chi connectivity index (χ2v) is 7.71. The highest BCUT2D eigenvalue weighted by atomic mass is 79.9. The molecule has 27 heavy (non-hydrogen) atoms. The number of likely N-dealkylation sites (tertiary alicyclic amines) is 1. The minimum Gasteiger partial charge on any atom is -0.486 e. The number of Topliss-reactive ketones (excluding diaryl/α,β-unsaturated/α-hetero) is 1. The van der Waals surface area contributed by atoms with E-state index in [9.17, 15) is 9.59 Å². The Kier molecular flexibility index (Phi) is 5.16. The molecular weight excluding hydrogens is 410 g/mol. The van der Waals surface area contributed by atoms with Crippen molar-refractivity contribution in [3.63, 3.8) is 0 Å².